The third kappa shape index (κ3) is 22.1. The van der Waals surface area contributed by atoms with Gasteiger partial charge in [-0.25, -0.2) is 4.79 Å². The first-order chi connectivity index (χ1) is 15.5. The van der Waals surface area contributed by atoms with Crippen LogP contribution in [0, 0.1) is 5.92 Å². The molecule has 0 bridgehead atoms. The Hall–Kier alpha value is -1.06. The van der Waals surface area contributed by atoms with Crippen LogP contribution in [0.2, 0.25) is 0 Å². The number of hydrogen-bond donors (Lipinski definition) is 2. The predicted octanol–water partition coefficient (Wildman–Crippen LogP) is 8.42. The van der Waals surface area contributed by atoms with Crippen molar-refractivity contribution in [2.24, 2.45) is 5.92 Å². The number of unbranched alkanes of at least 4 members (excludes halogenated alkanes) is 18. The quantitative estimate of drug-likeness (QED) is 0.144. The van der Waals surface area contributed by atoms with Crippen LogP contribution in [0.4, 0.5) is 0 Å². The molecule has 4 nitrogen and oxygen atoms in total. The molecule has 0 heterocycles. The summed E-state index contributed by atoms with van der Waals surface area (Å²) in [5.41, 5.74) is 0. The summed E-state index contributed by atoms with van der Waals surface area (Å²) >= 11 is 0. The van der Waals surface area contributed by atoms with Crippen molar-refractivity contribution >= 4 is 11.9 Å². The molecule has 190 valence electrons. The maximum absolute atomic E-state index is 11.9. The summed E-state index contributed by atoms with van der Waals surface area (Å²) in [6.45, 7) is 6.22. The topological polar surface area (TPSA) is 66.4 Å². The maximum Gasteiger partial charge on any atom is 0.326 e. The predicted molar refractivity (Wildman–Crippen MR) is 137 cm³/mol. The molecule has 1 atom stereocenters. The standard InChI is InChI=1S/C28H55NO3/c1-4-5-6-7-8-9-10-11-12-13-14-15-16-17-18-19-20-21-22-23-27(30)29-26(28(31)32)24-25(2)3/h25-26H,4-24H2,1-3H3,(H,29,30)(H,31,32)/t26-/m0/s1. The molecule has 0 aliphatic heterocycles. The molecule has 0 radical (unpaired) electrons. The van der Waals surface area contributed by atoms with E-state index in [0.29, 0.717) is 12.8 Å². The Morgan fingerprint density at radius 3 is 1.28 bits per heavy atom. The van der Waals surface area contributed by atoms with Gasteiger partial charge in [0.05, 0.1) is 0 Å². The van der Waals surface area contributed by atoms with Gasteiger partial charge in [0.25, 0.3) is 0 Å². The highest BCUT2D eigenvalue weighted by atomic mass is 16.4. The second-order valence-electron chi connectivity index (χ2n) is 10.2. The van der Waals surface area contributed by atoms with Crippen LogP contribution in [-0.4, -0.2) is 23.0 Å². The summed E-state index contributed by atoms with van der Waals surface area (Å²) in [5, 5.41) is 11.9. The average Bonchev–Trinajstić information content (AvgIpc) is 2.74. The lowest BCUT2D eigenvalue weighted by atomic mass is 10.0. The van der Waals surface area contributed by atoms with Gasteiger partial charge in [-0.05, 0) is 18.8 Å². The molecule has 4 heteroatoms. The van der Waals surface area contributed by atoms with Crippen molar-refractivity contribution in [1.82, 2.24) is 5.32 Å². The minimum Gasteiger partial charge on any atom is -0.480 e. The summed E-state index contributed by atoms with van der Waals surface area (Å²) in [7, 11) is 0. The second kappa shape index (κ2) is 23.1. The van der Waals surface area contributed by atoms with Crippen LogP contribution >= 0.6 is 0 Å². The average molecular weight is 454 g/mol. The van der Waals surface area contributed by atoms with E-state index in [1.165, 1.54) is 109 Å². The van der Waals surface area contributed by atoms with Crippen LogP contribution in [-0.2, 0) is 9.59 Å². The molecule has 1 amide bonds. The van der Waals surface area contributed by atoms with Crippen LogP contribution in [0.15, 0.2) is 0 Å². The minimum absolute atomic E-state index is 0.120. The zero-order valence-corrected chi connectivity index (χ0v) is 21.8. The first kappa shape index (κ1) is 30.9. The number of hydrogen-bond acceptors (Lipinski definition) is 2. The van der Waals surface area contributed by atoms with Crippen molar-refractivity contribution < 1.29 is 14.7 Å². The molecule has 0 fully saturated rings. The summed E-state index contributed by atoms with van der Waals surface area (Å²) in [4.78, 5) is 23.2. The first-order valence-electron chi connectivity index (χ1n) is 14.0. The molecule has 0 saturated carbocycles. The molecule has 0 saturated heterocycles. The van der Waals surface area contributed by atoms with Gasteiger partial charge in [0.1, 0.15) is 6.04 Å². The van der Waals surface area contributed by atoms with Gasteiger partial charge in [0, 0.05) is 6.42 Å². The van der Waals surface area contributed by atoms with Crippen molar-refractivity contribution in [3.8, 4) is 0 Å². The molecule has 0 rings (SSSR count). The highest BCUT2D eigenvalue weighted by Crippen LogP contribution is 2.15. The van der Waals surface area contributed by atoms with E-state index in [2.05, 4.69) is 12.2 Å². The van der Waals surface area contributed by atoms with E-state index in [1.807, 2.05) is 13.8 Å². The van der Waals surface area contributed by atoms with Crippen LogP contribution in [0.5, 0.6) is 0 Å². The van der Waals surface area contributed by atoms with E-state index in [1.54, 1.807) is 0 Å². The zero-order valence-electron chi connectivity index (χ0n) is 21.8. The summed E-state index contributed by atoms with van der Waals surface area (Å²) in [5.74, 6) is -0.795. The van der Waals surface area contributed by atoms with Crippen LogP contribution < -0.4 is 5.32 Å². The van der Waals surface area contributed by atoms with Gasteiger partial charge in [0.15, 0.2) is 0 Å². The fraction of sp³-hybridized carbons (Fsp3) is 0.929. The number of rotatable bonds is 24. The molecule has 0 aromatic carbocycles. The SMILES string of the molecule is CCCCCCCCCCCCCCCCCCCCCC(=O)N[C@@H](CC(C)C)C(=O)O. The van der Waals surface area contributed by atoms with E-state index >= 15 is 0 Å². The molecule has 0 spiro atoms. The van der Waals surface area contributed by atoms with Crippen LogP contribution in [0.25, 0.3) is 0 Å². The monoisotopic (exact) mass is 453 g/mol. The largest absolute Gasteiger partial charge is 0.480 e. The maximum atomic E-state index is 11.9. The zero-order chi connectivity index (χ0) is 23.9. The molecule has 2 N–H and O–H groups in total. The number of carboxylic acids is 1. The van der Waals surface area contributed by atoms with E-state index in [0.717, 1.165) is 12.8 Å². The number of carboxylic acid groups (broad SMARTS) is 1. The number of aliphatic carboxylic acids is 1. The fourth-order valence-electron chi connectivity index (χ4n) is 4.32. The second-order valence-corrected chi connectivity index (χ2v) is 10.2. The molecular formula is C28H55NO3. The smallest absolute Gasteiger partial charge is 0.326 e. The summed E-state index contributed by atoms with van der Waals surface area (Å²) < 4.78 is 0. The lowest BCUT2D eigenvalue weighted by molar-refractivity contribution is -0.142. The third-order valence-corrected chi connectivity index (χ3v) is 6.35. The van der Waals surface area contributed by atoms with Gasteiger partial charge in [-0.3, -0.25) is 4.79 Å². The highest BCUT2D eigenvalue weighted by molar-refractivity contribution is 5.83. The van der Waals surface area contributed by atoms with Crippen molar-refractivity contribution in [3.05, 3.63) is 0 Å². The Morgan fingerprint density at radius 1 is 0.625 bits per heavy atom. The Balaban J connectivity index is 3.32. The van der Waals surface area contributed by atoms with Crippen molar-refractivity contribution in [2.45, 2.75) is 162 Å². The molecular weight excluding hydrogens is 398 g/mol. The first-order valence-corrected chi connectivity index (χ1v) is 14.0. The van der Waals surface area contributed by atoms with E-state index in [9.17, 15) is 14.7 Å². The fourth-order valence-corrected chi connectivity index (χ4v) is 4.32. The van der Waals surface area contributed by atoms with Gasteiger partial charge >= 0.3 is 5.97 Å². The van der Waals surface area contributed by atoms with Gasteiger partial charge < -0.3 is 10.4 Å². The van der Waals surface area contributed by atoms with E-state index in [4.69, 9.17) is 0 Å². The summed E-state index contributed by atoms with van der Waals surface area (Å²) in [6, 6.07) is -0.747. The molecule has 0 aliphatic carbocycles. The Morgan fingerprint density at radius 2 is 0.969 bits per heavy atom. The van der Waals surface area contributed by atoms with Gasteiger partial charge in [0.2, 0.25) is 5.91 Å². The van der Waals surface area contributed by atoms with Crippen LogP contribution in [0.1, 0.15) is 156 Å². The molecule has 0 unspecified atom stereocenters. The van der Waals surface area contributed by atoms with Crippen molar-refractivity contribution in [2.75, 3.05) is 0 Å². The highest BCUT2D eigenvalue weighted by Gasteiger charge is 2.20. The number of carbonyl (C=O) groups excluding carboxylic acids is 1. The van der Waals surface area contributed by atoms with Gasteiger partial charge in [-0.2, -0.15) is 0 Å². The van der Waals surface area contributed by atoms with Crippen LogP contribution in [0.3, 0.4) is 0 Å². The van der Waals surface area contributed by atoms with Gasteiger partial charge in [-0.1, -0.05) is 136 Å². The normalized spacial score (nSPS) is 12.2. The van der Waals surface area contributed by atoms with E-state index in [-0.39, 0.29) is 11.8 Å². The Bertz CT molecular complexity index is 436. The molecule has 0 aromatic heterocycles. The number of amides is 1. The lowest BCUT2D eigenvalue weighted by Gasteiger charge is -2.16. The summed E-state index contributed by atoms with van der Waals surface area (Å²) in [6.07, 6.45) is 26.3. The third-order valence-electron chi connectivity index (χ3n) is 6.35. The lowest BCUT2D eigenvalue weighted by Crippen LogP contribution is -2.41. The van der Waals surface area contributed by atoms with Gasteiger partial charge in [-0.15, -0.1) is 0 Å². The van der Waals surface area contributed by atoms with Crippen molar-refractivity contribution in [3.63, 3.8) is 0 Å². The minimum atomic E-state index is -0.930. The molecule has 0 aliphatic rings. The number of carbonyl (C=O) groups is 2. The van der Waals surface area contributed by atoms with Crippen molar-refractivity contribution in [1.29, 1.82) is 0 Å². The molecule has 0 aromatic rings. The Labute approximate surface area is 199 Å². The van der Waals surface area contributed by atoms with E-state index < -0.39 is 12.0 Å². The molecule has 32 heavy (non-hydrogen) atoms. The Kier molecular flexibility index (Phi) is 22.3. The number of nitrogens with one attached hydrogen (secondary N) is 1.